The Kier molecular flexibility index (Phi) is 4.90. The molecule has 0 aliphatic heterocycles. The highest BCUT2D eigenvalue weighted by molar-refractivity contribution is 7.89. The molecule has 108 valence electrons. The minimum Gasteiger partial charge on any atom is -0.494 e. The van der Waals surface area contributed by atoms with Crippen LogP contribution in [0.2, 0.25) is 0 Å². The molecular weight excluding hydrogens is 274 g/mol. The van der Waals surface area contributed by atoms with Crippen LogP contribution in [0.1, 0.15) is 19.4 Å². The van der Waals surface area contributed by atoms with Gasteiger partial charge in [0.1, 0.15) is 0 Å². The maximum absolute atomic E-state index is 11.5. The summed E-state index contributed by atoms with van der Waals surface area (Å²) in [5.74, 6) is -0.841. The van der Waals surface area contributed by atoms with Gasteiger partial charge in [0.2, 0.25) is 15.9 Å². The second kappa shape index (κ2) is 6.02. The minimum atomic E-state index is -3.51. The van der Waals surface area contributed by atoms with Gasteiger partial charge >= 0.3 is 5.69 Å². The summed E-state index contributed by atoms with van der Waals surface area (Å²) in [7, 11) is -3.51. The molecule has 0 aliphatic carbocycles. The SMILES string of the molecule is CCNS(=O)(=O)CCn1c(O)c(CC)c(=O)[nH]c1=O. The van der Waals surface area contributed by atoms with Crippen LogP contribution in [0.3, 0.4) is 0 Å². The van der Waals surface area contributed by atoms with E-state index < -0.39 is 27.2 Å². The van der Waals surface area contributed by atoms with E-state index in [2.05, 4.69) is 4.72 Å². The van der Waals surface area contributed by atoms with Gasteiger partial charge < -0.3 is 5.11 Å². The maximum Gasteiger partial charge on any atom is 0.331 e. The second-order valence-electron chi connectivity index (χ2n) is 3.88. The first kappa shape index (κ1) is 15.4. The van der Waals surface area contributed by atoms with Crippen LogP contribution in [0.25, 0.3) is 0 Å². The zero-order valence-electron chi connectivity index (χ0n) is 10.8. The van der Waals surface area contributed by atoms with Crippen LogP contribution in [0, 0.1) is 0 Å². The fourth-order valence-electron chi connectivity index (χ4n) is 1.63. The van der Waals surface area contributed by atoms with E-state index in [9.17, 15) is 23.1 Å². The van der Waals surface area contributed by atoms with Crippen molar-refractivity contribution in [3.05, 3.63) is 26.4 Å². The van der Waals surface area contributed by atoms with Gasteiger partial charge in [-0.05, 0) is 6.42 Å². The lowest BCUT2D eigenvalue weighted by Crippen LogP contribution is -2.35. The maximum atomic E-state index is 11.5. The molecule has 19 heavy (non-hydrogen) atoms. The predicted octanol–water partition coefficient (Wildman–Crippen LogP) is -1.26. The first-order valence-corrected chi connectivity index (χ1v) is 7.50. The van der Waals surface area contributed by atoms with E-state index in [1.165, 1.54) is 0 Å². The van der Waals surface area contributed by atoms with Crippen LogP contribution in [0.4, 0.5) is 0 Å². The van der Waals surface area contributed by atoms with Crippen molar-refractivity contribution in [2.45, 2.75) is 26.8 Å². The van der Waals surface area contributed by atoms with Gasteiger partial charge in [-0.1, -0.05) is 13.8 Å². The third-order valence-corrected chi connectivity index (χ3v) is 4.02. The van der Waals surface area contributed by atoms with Crippen molar-refractivity contribution < 1.29 is 13.5 Å². The number of H-pyrrole nitrogens is 1. The van der Waals surface area contributed by atoms with Crippen LogP contribution in [-0.4, -0.2) is 35.4 Å². The molecule has 9 heteroatoms. The van der Waals surface area contributed by atoms with Gasteiger partial charge in [-0.3, -0.25) is 14.3 Å². The molecule has 3 N–H and O–H groups in total. The summed E-state index contributed by atoms with van der Waals surface area (Å²) >= 11 is 0. The average molecular weight is 291 g/mol. The highest BCUT2D eigenvalue weighted by Gasteiger charge is 2.15. The molecule has 1 heterocycles. The van der Waals surface area contributed by atoms with Crippen LogP contribution in [-0.2, 0) is 23.0 Å². The smallest absolute Gasteiger partial charge is 0.331 e. The molecule has 0 fully saturated rings. The number of nitrogens with zero attached hydrogens (tertiary/aromatic N) is 1. The van der Waals surface area contributed by atoms with Crippen molar-refractivity contribution in [1.29, 1.82) is 0 Å². The highest BCUT2D eigenvalue weighted by Crippen LogP contribution is 2.10. The summed E-state index contributed by atoms with van der Waals surface area (Å²) in [4.78, 5) is 25.0. The van der Waals surface area contributed by atoms with Gasteiger partial charge in [0.15, 0.2) is 0 Å². The molecule has 0 atom stereocenters. The van der Waals surface area contributed by atoms with Gasteiger partial charge in [0.25, 0.3) is 5.56 Å². The van der Waals surface area contributed by atoms with Gasteiger partial charge in [-0.15, -0.1) is 0 Å². The van der Waals surface area contributed by atoms with Crippen molar-refractivity contribution in [2.75, 3.05) is 12.3 Å². The van der Waals surface area contributed by atoms with Crippen LogP contribution in [0.5, 0.6) is 5.88 Å². The number of aromatic nitrogens is 2. The number of nitrogens with one attached hydrogen (secondary N) is 2. The van der Waals surface area contributed by atoms with E-state index in [1.54, 1.807) is 13.8 Å². The van der Waals surface area contributed by atoms with Crippen molar-refractivity contribution in [3.8, 4) is 5.88 Å². The number of aromatic hydroxyl groups is 1. The summed E-state index contributed by atoms with van der Waals surface area (Å²) < 4.78 is 26.1. The third-order valence-electron chi connectivity index (χ3n) is 2.57. The molecular formula is C10H17N3O5S. The summed E-state index contributed by atoms with van der Waals surface area (Å²) in [6.07, 6.45) is 0.238. The second-order valence-corrected chi connectivity index (χ2v) is 5.81. The summed E-state index contributed by atoms with van der Waals surface area (Å²) in [5.41, 5.74) is -1.43. The Hall–Kier alpha value is -1.61. The lowest BCUT2D eigenvalue weighted by molar-refractivity contribution is 0.398. The van der Waals surface area contributed by atoms with E-state index in [4.69, 9.17) is 0 Å². The Bertz CT molecular complexity index is 659. The van der Waals surface area contributed by atoms with Gasteiger partial charge in [0.05, 0.1) is 11.3 Å². The van der Waals surface area contributed by atoms with Crippen LogP contribution < -0.4 is 16.0 Å². The molecule has 0 unspecified atom stereocenters. The molecule has 0 aromatic carbocycles. The Labute approximate surface area is 110 Å². The topological polar surface area (TPSA) is 121 Å². The number of rotatable bonds is 6. The Balaban J connectivity index is 3.10. The van der Waals surface area contributed by atoms with Crippen molar-refractivity contribution in [1.82, 2.24) is 14.3 Å². The fourth-order valence-corrected chi connectivity index (χ4v) is 2.64. The monoisotopic (exact) mass is 291 g/mol. The normalized spacial score (nSPS) is 11.7. The van der Waals surface area contributed by atoms with Crippen LogP contribution >= 0.6 is 0 Å². The fraction of sp³-hybridized carbons (Fsp3) is 0.600. The average Bonchev–Trinajstić information content (AvgIpc) is 2.28. The largest absolute Gasteiger partial charge is 0.494 e. The molecule has 0 aliphatic rings. The third kappa shape index (κ3) is 3.67. The Morgan fingerprint density at radius 1 is 1.32 bits per heavy atom. The zero-order chi connectivity index (χ0) is 14.6. The number of sulfonamides is 1. The first-order chi connectivity index (χ1) is 8.82. The molecule has 8 nitrogen and oxygen atoms in total. The number of hydrogen-bond acceptors (Lipinski definition) is 5. The molecule has 0 radical (unpaired) electrons. The molecule has 0 saturated heterocycles. The van der Waals surface area contributed by atoms with E-state index in [0.29, 0.717) is 0 Å². The lowest BCUT2D eigenvalue weighted by atomic mass is 10.2. The van der Waals surface area contributed by atoms with Crippen molar-refractivity contribution in [3.63, 3.8) is 0 Å². The summed E-state index contributed by atoms with van der Waals surface area (Å²) in [6, 6.07) is 0. The van der Waals surface area contributed by atoms with Gasteiger partial charge in [0, 0.05) is 13.1 Å². The van der Waals surface area contributed by atoms with E-state index >= 15 is 0 Å². The van der Waals surface area contributed by atoms with Crippen LogP contribution in [0.15, 0.2) is 9.59 Å². The molecule has 0 spiro atoms. The Morgan fingerprint density at radius 2 is 1.95 bits per heavy atom. The molecule has 0 bridgehead atoms. The predicted molar refractivity (Wildman–Crippen MR) is 69.8 cm³/mol. The first-order valence-electron chi connectivity index (χ1n) is 5.84. The summed E-state index contributed by atoms with van der Waals surface area (Å²) in [6.45, 7) is 3.30. The lowest BCUT2D eigenvalue weighted by Gasteiger charge is -2.10. The summed E-state index contributed by atoms with van der Waals surface area (Å²) in [5, 5.41) is 9.80. The number of hydrogen-bond donors (Lipinski definition) is 3. The highest BCUT2D eigenvalue weighted by atomic mass is 32.2. The standard InChI is InChI=1S/C10H17N3O5S/c1-3-7-8(14)12-10(16)13(9(7)15)5-6-19(17,18)11-4-2/h11,15H,3-6H2,1-2H3,(H,12,14,16). The van der Waals surface area contributed by atoms with Gasteiger partial charge in [-0.25, -0.2) is 17.9 Å². The van der Waals surface area contributed by atoms with E-state index in [1.807, 2.05) is 4.98 Å². The van der Waals surface area contributed by atoms with E-state index in [0.717, 1.165) is 4.57 Å². The van der Waals surface area contributed by atoms with Crippen molar-refractivity contribution >= 4 is 10.0 Å². The zero-order valence-corrected chi connectivity index (χ0v) is 11.6. The molecule has 1 aromatic rings. The molecule has 1 aromatic heterocycles. The van der Waals surface area contributed by atoms with Gasteiger partial charge in [-0.2, -0.15) is 0 Å². The Morgan fingerprint density at radius 3 is 2.47 bits per heavy atom. The molecule has 1 rings (SSSR count). The van der Waals surface area contributed by atoms with E-state index in [-0.39, 0.29) is 30.8 Å². The quantitative estimate of drug-likeness (QED) is 0.604. The molecule has 0 saturated carbocycles. The minimum absolute atomic E-state index is 0.0560. The molecule has 0 amide bonds. The van der Waals surface area contributed by atoms with Crippen molar-refractivity contribution in [2.24, 2.45) is 0 Å². The number of aromatic amines is 1.